The molecule has 1 aliphatic rings. The van der Waals surface area contributed by atoms with Gasteiger partial charge in [0.05, 0.1) is 5.56 Å². The molecule has 32 heavy (non-hydrogen) atoms. The number of nitrogens with one attached hydrogen (secondary N) is 1. The zero-order chi connectivity index (χ0) is 22.7. The summed E-state index contributed by atoms with van der Waals surface area (Å²) in [4.78, 5) is 29.6. The van der Waals surface area contributed by atoms with Gasteiger partial charge in [-0.1, -0.05) is 49.0 Å². The molecule has 1 atom stereocenters. The highest BCUT2D eigenvalue weighted by Gasteiger charge is 2.32. The maximum Gasteiger partial charge on any atom is 0.279 e. The minimum atomic E-state index is -0.393. The van der Waals surface area contributed by atoms with Crippen molar-refractivity contribution in [2.45, 2.75) is 37.4 Å². The van der Waals surface area contributed by atoms with Crippen LogP contribution in [0.4, 0.5) is 10.2 Å². The van der Waals surface area contributed by atoms with Crippen molar-refractivity contribution < 1.29 is 13.9 Å². The summed E-state index contributed by atoms with van der Waals surface area (Å²) in [6.07, 6.45) is 1.12. The van der Waals surface area contributed by atoms with Crippen LogP contribution < -0.4 is 15.6 Å². The van der Waals surface area contributed by atoms with Crippen molar-refractivity contribution in [3.63, 3.8) is 0 Å². The van der Waals surface area contributed by atoms with Crippen LogP contribution in [0.25, 0.3) is 0 Å². The second kappa shape index (κ2) is 9.56. The highest BCUT2D eigenvalue weighted by molar-refractivity contribution is 7.99. The van der Waals surface area contributed by atoms with Crippen molar-refractivity contribution in [3.8, 4) is 5.75 Å². The SMILES string of the molecule is CCCSc1nc(=O)c2c(n1C)NC(=O)CC2c1ccc(OCc2ccccc2F)cc1. The van der Waals surface area contributed by atoms with Gasteiger partial charge in [0, 0.05) is 30.7 Å². The van der Waals surface area contributed by atoms with Crippen LogP contribution in [-0.4, -0.2) is 21.2 Å². The predicted molar refractivity (Wildman–Crippen MR) is 123 cm³/mol. The number of carbonyl (C=O) groups excluding carboxylic acids is 1. The van der Waals surface area contributed by atoms with Crippen LogP contribution in [0.5, 0.6) is 5.75 Å². The number of aromatic nitrogens is 2. The second-order valence-corrected chi connectivity index (χ2v) is 8.69. The number of anilines is 1. The smallest absolute Gasteiger partial charge is 0.279 e. The third kappa shape index (κ3) is 4.55. The van der Waals surface area contributed by atoms with Crippen molar-refractivity contribution in [1.29, 1.82) is 0 Å². The van der Waals surface area contributed by atoms with E-state index < -0.39 is 5.92 Å². The molecule has 1 aromatic heterocycles. The molecule has 0 saturated heterocycles. The number of halogens is 1. The molecule has 6 nitrogen and oxygen atoms in total. The predicted octanol–water partition coefficient (Wildman–Crippen LogP) is 4.47. The van der Waals surface area contributed by atoms with Gasteiger partial charge in [-0.2, -0.15) is 4.98 Å². The van der Waals surface area contributed by atoms with Gasteiger partial charge < -0.3 is 14.6 Å². The first-order valence-electron chi connectivity index (χ1n) is 10.5. The summed E-state index contributed by atoms with van der Waals surface area (Å²) >= 11 is 1.50. The third-order valence-electron chi connectivity index (χ3n) is 5.37. The lowest BCUT2D eigenvalue weighted by atomic mass is 9.87. The third-order valence-corrected chi connectivity index (χ3v) is 6.61. The quantitative estimate of drug-likeness (QED) is 0.422. The van der Waals surface area contributed by atoms with Crippen LogP contribution in [0.3, 0.4) is 0 Å². The zero-order valence-corrected chi connectivity index (χ0v) is 18.7. The van der Waals surface area contributed by atoms with E-state index in [-0.39, 0.29) is 30.3 Å². The standard InChI is InChI=1S/C24H24FN3O3S/c1-3-12-32-24-27-23(30)21-18(13-20(29)26-22(21)28(24)2)15-8-10-17(11-9-15)31-14-16-6-4-5-7-19(16)25/h4-11,18H,3,12-14H2,1-2H3,(H,26,29). The molecule has 1 N–H and O–H groups in total. The number of amides is 1. The first-order valence-corrected chi connectivity index (χ1v) is 11.5. The first kappa shape index (κ1) is 22.1. The second-order valence-electron chi connectivity index (χ2n) is 7.62. The van der Waals surface area contributed by atoms with Gasteiger partial charge in [0.1, 0.15) is 24.0 Å². The summed E-state index contributed by atoms with van der Waals surface area (Å²) in [7, 11) is 1.81. The van der Waals surface area contributed by atoms with Crippen molar-refractivity contribution in [2.24, 2.45) is 7.05 Å². The Morgan fingerprint density at radius 3 is 2.66 bits per heavy atom. The molecule has 2 aromatic carbocycles. The molecule has 0 aliphatic carbocycles. The Morgan fingerprint density at radius 2 is 1.94 bits per heavy atom. The number of carbonyl (C=O) groups is 1. The van der Waals surface area contributed by atoms with Crippen LogP contribution in [0.15, 0.2) is 58.5 Å². The monoisotopic (exact) mass is 453 g/mol. The van der Waals surface area contributed by atoms with E-state index in [0.717, 1.165) is 17.7 Å². The number of hydrogen-bond donors (Lipinski definition) is 1. The largest absolute Gasteiger partial charge is 0.489 e. The lowest BCUT2D eigenvalue weighted by Gasteiger charge is -2.27. The van der Waals surface area contributed by atoms with E-state index in [2.05, 4.69) is 17.2 Å². The van der Waals surface area contributed by atoms with Gasteiger partial charge in [0.25, 0.3) is 5.56 Å². The van der Waals surface area contributed by atoms with Crippen molar-refractivity contribution in [3.05, 3.63) is 81.4 Å². The zero-order valence-electron chi connectivity index (χ0n) is 17.9. The first-order chi connectivity index (χ1) is 15.5. The molecule has 8 heteroatoms. The summed E-state index contributed by atoms with van der Waals surface area (Å²) in [5.74, 6) is 1.07. The Kier molecular flexibility index (Phi) is 6.60. The molecule has 1 unspecified atom stereocenters. The number of nitrogens with zero attached hydrogens (tertiary/aromatic N) is 2. The summed E-state index contributed by atoms with van der Waals surface area (Å²) < 4.78 is 21.3. The Bertz CT molecular complexity index is 1190. The Balaban J connectivity index is 1.59. The number of ether oxygens (including phenoxy) is 1. The van der Waals surface area contributed by atoms with E-state index in [4.69, 9.17) is 4.74 Å². The average Bonchev–Trinajstić information content (AvgIpc) is 2.79. The van der Waals surface area contributed by atoms with Gasteiger partial charge in [-0.3, -0.25) is 9.59 Å². The van der Waals surface area contributed by atoms with E-state index in [1.165, 1.54) is 17.8 Å². The van der Waals surface area contributed by atoms with Crippen molar-refractivity contribution in [2.75, 3.05) is 11.1 Å². The Morgan fingerprint density at radius 1 is 1.19 bits per heavy atom. The van der Waals surface area contributed by atoms with Gasteiger partial charge in [0.15, 0.2) is 5.16 Å². The molecule has 2 heterocycles. The molecular weight excluding hydrogens is 429 g/mol. The molecule has 4 rings (SSSR count). The summed E-state index contributed by atoms with van der Waals surface area (Å²) in [5.41, 5.74) is 1.47. The van der Waals surface area contributed by atoms with Gasteiger partial charge in [-0.15, -0.1) is 0 Å². The molecule has 1 aliphatic heterocycles. The van der Waals surface area contributed by atoms with E-state index in [9.17, 15) is 14.0 Å². The van der Waals surface area contributed by atoms with Gasteiger partial charge >= 0.3 is 0 Å². The van der Waals surface area contributed by atoms with Crippen LogP contribution in [0, 0.1) is 5.82 Å². The maximum atomic E-state index is 13.8. The van der Waals surface area contributed by atoms with Crippen molar-refractivity contribution >= 4 is 23.5 Å². The van der Waals surface area contributed by atoms with E-state index >= 15 is 0 Å². The Hall–Kier alpha value is -3.13. The van der Waals surface area contributed by atoms with Gasteiger partial charge in [-0.25, -0.2) is 4.39 Å². The van der Waals surface area contributed by atoms with Gasteiger partial charge in [0.2, 0.25) is 5.91 Å². The summed E-state index contributed by atoms with van der Waals surface area (Å²) in [6, 6.07) is 13.7. The number of rotatable bonds is 7. The van der Waals surface area contributed by atoms with Crippen LogP contribution >= 0.6 is 11.8 Å². The molecule has 0 radical (unpaired) electrons. The summed E-state index contributed by atoms with van der Waals surface area (Å²) in [6.45, 7) is 2.18. The van der Waals surface area contributed by atoms with Crippen LogP contribution in [-0.2, 0) is 18.4 Å². The number of thioether (sulfide) groups is 1. The fourth-order valence-electron chi connectivity index (χ4n) is 3.72. The maximum absolute atomic E-state index is 13.8. The minimum absolute atomic E-state index is 0.114. The van der Waals surface area contributed by atoms with E-state index in [1.54, 1.807) is 34.9 Å². The molecule has 1 amide bonds. The van der Waals surface area contributed by atoms with Crippen molar-refractivity contribution in [1.82, 2.24) is 9.55 Å². The topological polar surface area (TPSA) is 73.2 Å². The lowest BCUT2D eigenvalue weighted by molar-refractivity contribution is -0.116. The molecule has 166 valence electrons. The van der Waals surface area contributed by atoms with E-state index in [0.29, 0.717) is 27.9 Å². The normalized spacial score (nSPS) is 15.2. The fourth-order valence-corrected chi connectivity index (χ4v) is 4.53. The number of hydrogen-bond acceptors (Lipinski definition) is 5. The number of benzene rings is 2. The molecule has 3 aromatic rings. The molecule has 0 fully saturated rings. The van der Waals surface area contributed by atoms with Gasteiger partial charge in [-0.05, 0) is 30.2 Å². The molecular formula is C24H24FN3O3S. The highest BCUT2D eigenvalue weighted by atomic mass is 32.2. The van der Waals surface area contributed by atoms with Crippen LogP contribution in [0.2, 0.25) is 0 Å². The minimum Gasteiger partial charge on any atom is -0.489 e. The number of fused-ring (bicyclic) bond motifs is 1. The van der Waals surface area contributed by atoms with E-state index in [1.807, 2.05) is 19.2 Å². The molecule has 0 bridgehead atoms. The summed E-state index contributed by atoms with van der Waals surface area (Å²) in [5, 5.41) is 3.44. The molecule has 0 saturated carbocycles. The highest BCUT2D eigenvalue weighted by Crippen LogP contribution is 2.36. The Labute approximate surface area is 189 Å². The fraction of sp³-hybridized carbons (Fsp3) is 0.292. The lowest BCUT2D eigenvalue weighted by Crippen LogP contribution is -2.33. The molecule has 0 spiro atoms. The average molecular weight is 454 g/mol. The van der Waals surface area contributed by atoms with Crippen LogP contribution in [0.1, 0.15) is 42.4 Å².